The standard InChI is InChI=1S/C16H27BrN4/c1-3-14-16(17)15(21(4-2)19-14)10-18-9-12-7-8-20(11-12)13-5-6-13/h12-13,18H,3-11H2,1-2H3. The SMILES string of the molecule is CCc1nn(CC)c(CNCC2CCN(C3CC3)C2)c1Br. The van der Waals surface area contributed by atoms with Gasteiger partial charge in [-0.3, -0.25) is 4.68 Å². The maximum absolute atomic E-state index is 4.66. The number of hydrogen-bond donors (Lipinski definition) is 1. The molecule has 0 amide bonds. The van der Waals surface area contributed by atoms with Crippen molar-refractivity contribution in [2.45, 2.75) is 58.7 Å². The zero-order chi connectivity index (χ0) is 14.8. The predicted octanol–water partition coefficient (Wildman–Crippen LogP) is 2.80. The molecule has 0 spiro atoms. The second-order valence-corrected chi connectivity index (χ2v) is 7.18. The first-order valence-electron chi connectivity index (χ1n) is 8.41. The van der Waals surface area contributed by atoms with Crippen LogP contribution in [0.1, 0.15) is 44.5 Å². The lowest BCUT2D eigenvalue weighted by atomic mass is 10.1. The van der Waals surface area contributed by atoms with Crippen molar-refractivity contribution in [3.8, 4) is 0 Å². The Balaban J connectivity index is 1.50. The molecule has 21 heavy (non-hydrogen) atoms. The van der Waals surface area contributed by atoms with E-state index in [1.807, 2.05) is 0 Å². The average Bonchev–Trinajstić information content (AvgIpc) is 3.16. The molecule has 0 aromatic carbocycles. The summed E-state index contributed by atoms with van der Waals surface area (Å²) in [5.74, 6) is 0.827. The minimum atomic E-state index is 0.827. The Bertz CT molecular complexity index is 481. The number of nitrogens with one attached hydrogen (secondary N) is 1. The van der Waals surface area contributed by atoms with Gasteiger partial charge in [0.1, 0.15) is 0 Å². The van der Waals surface area contributed by atoms with E-state index in [-0.39, 0.29) is 0 Å². The van der Waals surface area contributed by atoms with Crippen LogP contribution < -0.4 is 5.32 Å². The predicted molar refractivity (Wildman–Crippen MR) is 89.4 cm³/mol. The topological polar surface area (TPSA) is 33.1 Å². The molecule has 1 atom stereocenters. The van der Waals surface area contributed by atoms with Crippen molar-refractivity contribution in [2.75, 3.05) is 19.6 Å². The normalized spacial score (nSPS) is 23.1. The number of aromatic nitrogens is 2. The van der Waals surface area contributed by atoms with Crippen molar-refractivity contribution in [3.05, 3.63) is 15.9 Å². The van der Waals surface area contributed by atoms with Gasteiger partial charge in [0.25, 0.3) is 0 Å². The highest BCUT2D eigenvalue weighted by Gasteiger charge is 2.34. The Kier molecular flexibility index (Phi) is 5.02. The smallest absolute Gasteiger partial charge is 0.0767 e. The molecule has 1 aliphatic carbocycles. The third-order valence-corrected chi connectivity index (χ3v) is 5.72. The Hall–Kier alpha value is -0.390. The summed E-state index contributed by atoms with van der Waals surface area (Å²) in [4.78, 5) is 2.69. The van der Waals surface area contributed by atoms with Crippen molar-refractivity contribution in [1.82, 2.24) is 20.0 Å². The van der Waals surface area contributed by atoms with Gasteiger partial charge >= 0.3 is 0 Å². The van der Waals surface area contributed by atoms with E-state index < -0.39 is 0 Å². The summed E-state index contributed by atoms with van der Waals surface area (Å²) in [5.41, 5.74) is 2.47. The van der Waals surface area contributed by atoms with Crippen LogP contribution in [0, 0.1) is 5.92 Å². The highest BCUT2D eigenvalue weighted by Crippen LogP contribution is 2.31. The second kappa shape index (κ2) is 6.80. The second-order valence-electron chi connectivity index (χ2n) is 6.39. The highest BCUT2D eigenvalue weighted by atomic mass is 79.9. The summed E-state index contributed by atoms with van der Waals surface area (Å²) in [6.45, 7) is 9.92. The van der Waals surface area contributed by atoms with Gasteiger partial charge in [-0.1, -0.05) is 6.92 Å². The summed E-state index contributed by atoms with van der Waals surface area (Å²) < 4.78 is 3.33. The fourth-order valence-electron chi connectivity index (χ4n) is 3.38. The monoisotopic (exact) mass is 354 g/mol. The molecule has 1 aliphatic heterocycles. The van der Waals surface area contributed by atoms with Gasteiger partial charge in [-0.25, -0.2) is 0 Å². The number of likely N-dealkylation sites (tertiary alicyclic amines) is 1. The number of aryl methyl sites for hydroxylation is 2. The number of nitrogens with zero attached hydrogens (tertiary/aromatic N) is 3. The lowest BCUT2D eigenvalue weighted by Crippen LogP contribution is -2.28. The first kappa shape index (κ1) is 15.5. The molecule has 1 saturated carbocycles. The number of halogens is 1. The van der Waals surface area contributed by atoms with Crippen LogP contribution in [0.2, 0.25) is 0 Å². The maximum atomic E-state index is 4.66. The molecule has 118 valence electrons. The quantitative estimate of drug-likeness (QED) is 0.817. The molecule has 2 aliphatic rings. The van der Waals surface area contributed by atoms with E-state index in [2.05, 4.69) is 49.8 Å². The van der Waals surface area contributed by atoms with Crippen LogP contribution in [0.4, 0.5) is 0 Å². The molecule has 0 bridgehead atoms. The van der Waals surface area contributed by atoms with E-state index in [9.17, 15) is 0 Å². The van der Waals surface area contributed by atoms with Gasteiger partial charge in [0.15, 0.2) is 0 Å². The molecular formula is C16H27BrN4. The molecule has 5 heteroatoms. The average molecular weight is 355 g/mol. The summed E-state index contributed by atoms with van der Waals surface area (Å²) in [5, 5.41) is 8.32. The van der Waals surface area contributed by atoms with Gasteiger partial charge in [0.2, 0.25) is 0 Å². The van der Waals surface area contributed by atoms with Crippen molar-refractivity contribution >= 4 is 15.9 Å². The Morgan fingerprint density at radius 1 is 1.29 bits per heavy atom. The fourth-order valence-corrected chi connectivity index (χ4v) is 4.09. The van der Waals surface area contributed by atoms with Crippen molar-refractivity contribution in [1.29, 1.82) is 0 Å². The van der Waals surface area contributed by atoms with E-state index in [1.54, 1.807) is 0 Å². The minimum absolute atomic E-state index is 0.827. The van der Waals surface area contributed by atoms with Crippen LogP contribution >= 0.6 is 15.9 Å². The first-order valence-corrected chi connectivity index (χ1v) is 9.21. The Labute approximate surface area is 136 Å². The van der Waals surface area contributed by atoms with Crippen LogP contribution in [0.5, 0.6) is 0 Å². The fraction of sp³-hybridized carbons (Fsp3) is 0.812. The van der Waals surface area contributed by atoms with Crippen molar-refractivity contribution in [3.63, 3.8) is 0 Å². The zero-order valence-electron chi connectivity index (χ0n) is 13.2. The highest BCUT2D eigenvalue weighted by molar-refractivity contribution is 9.10. The first-order chi connectivity index (χ1) is 10.2. The molecule has 0 radical (unpaired) electrons. The van der Waals surface area contributed by atoms with E-state index in [0.717, 1.165) is 38.0 Å². The third kappa shape index (κ3) is 3.51. The van der Waals surface area contributed by atoms with E-state index in [0.29, 0.717) is 0 Å². The molecule has 1 N–H and O–H groups in total. The van der Waals surface area contributed by atoms with Gasteiger partial charge in [0, 0.05) is 25.7 Å². The minimum Gasteiger partial charge on any atom is -0.311 e. The van der Waals surface area contributed by atoms with Gasteiger partial charge in [0.05, 0.1) is 15.9 Å². The molecule has 1 unspecified atom stereocenters. The maximum Gasteiger partial charge on any atom is 0.0767 e. The van der Waals surface area contributed by atoms with E-state index in [1.165, 1.54) is 48.2 Å². The molecule has 1 aromatic rings. The van der Waals surface area contributed by atoms with Crippen LogP contribution in [-0.4, -0.2) is 40.4 Å². The molecule has 1 aromatic heterocycles. The van der Waals surface area contributed by atoms with Crippen LogP contribution in [0.3, 0.4) is 0 Å². The molecular weight excluding hydrogens is 328 g/mol. The van der Waals surface area contributed by atoms with Crippen LogP contribution in [0.15, 0.2) is 4.47 Å². The molecule has 1 saturated heterocycles. The van der Waals surface area contributed by atoms with Gasteiger partial charge in [-0.05, 0) is 67.5 Å². The lowest BCUT2D eigenvalue weighted by Gasteiger charge is -2.15. The van der Waals surface area contributed by atoms with Gasteiger partial charge in [-0.2, -0.15) is 5.10 Å². The molecule has 4 nitrogen and oxygen atoms in total. The molecule has 2 fully saturated rings. The third-order valence-electron chi connectivity index (χ3n) is 4.80. The number of hydrogen-bond acceptors (Lipinski definition) is 3. The zero-order valence-corrected chi connectivity index (χ0v) is 14.8. The van der Waals surface area contributed by atoms with E-state index >= 15 is 0 Å². The molecule has 2 heterocycles. The van der Waals surface area contributed by atoms with Crippen LogP contribution in [-0.2, 0) is 19.5 Å². The summed E-state index contributed by atoms with van der Waals surface area (Å²) in [7, 11) is 0. The summed E-state index contributed by atoms with van der Waals surface area (Å²) in [6, 6.07) is 0.929. The number of rotatable bonds is 7. The van der Waals surface area contributed by atoms with Crippen LogP contribution in [0.25, 0.3) is 0 Å². The Morgan fingerprint density at radius 3 is 2.76 bits per heavy atom. The molecule has 3 rings (SSSR count). The van der Waals surface area contributed by atoms with Crippen molar-refractivity contribution in [2.24, 2.45) is 5.92 Å². The van der Waals surface area contributed by atoms with E-state index in [4.69, 9.17) is 0 Å². The van der Waals surface area contributed by atoms with Crippen molar-refractivity contribution < 1.29 is 0 Å². The van der Waals surface area contributed by atoms with Gasteiger partial charge < -0.3 is 10.2 Å². The lowest BCUT2D eigenvalue weighted by molar-refractivity contribution is 0.311. The summed E-state index contributed by atoms with van der Waals surface area (Å²) in [6.07, 6.45) is 5.21. The Morgan fingerprint density at radius 2 is 2.10 bits per heavy atom. The summed E-state index contributed by atoms with van der Waals surface area (Å²) >= 11 is 3.72. The van der Waals surface area contributed by atoms with Gasteiger partial charge in [-0.15, -0.1) is 0 Å². The largest absolute Gasteiger partial charge is 0.311 e.